The van der Waals surface area contributed by atoms with Crippen LogP contribution in [0.15, 0.2) is 22.8 Å². The third kappa shape index (κ3) is 6.49. The summed E-state index contributed by atoms with van der Waals surface area (Å²) in [5, 5.41) is 0. The number of hydrogen-bond acceptors (Lipinski definition) is 3. The number of nitrogens with zero attached hydrogens (tertiary/aromatic N) is 1. The molecular weight excluding hydrogens is 212 g/mol. The monoisotopic (exact) mass is 238 g/mol. The summed E-state index contributed by atoms with van der Waals surface area (Å²) in [6, 6.07) is 4.00. The Morgan fingerprint density at radius 1 is 1.18 bits per heavy atom. The van der Waals surface area contributed by atoms with E-state index in [-0.39, 0.29) is 0 Å². The quantitative estimate of drug-likeness (QED) is 0.637. The van der Waals surface area contributed by atoms with E-state index in [1.807, 2.05) is 12.1 Å². The van der Waals surface area contributed by atoms with Crippen LogP contribution in [0.1, 0.15) is 44.8 Å². The van der Waals surface area contributed by atoms with Crippen LogP contribution in [-0.4, -0.2) is 24.5 Å². The van der Waals surface area contributed by atoms with E-state index >= 15 is 0 Å². The molecule has 1 aromatic rings. The number of hydrogen-bond donors (Lipinski definition) is 1. The molecule has 1 aromatic heterocycles. The number of nitrogens with two attached hydrogens (primary N) is 1. The Balaban J connectivity index is 2.06. The highest BCUT2D eigenvalue weighted by molar-refractivity contribution is 4.97. The van der Waals surface area contributed by atoms with Crippen LogP contribution in [-0.2, 0) is 6.54 Å². The minimum Gasteiger partial charge on any atom is -0.468 e. The average Bonchev–Trinajstić information content (AvgIpc) is 2.85. The molecule has 0 aromatic carbocycles. The zero-order chi connectivity index (χ0) is 12.3. The maximum absolute atomic E-state index is 5.47. The molecule has 0 amide bonds. The molecule has 1 heterocycles. The Hall–Kier alpha value is -0.800. The molecule has 3 heteroatoms. The molecule has 0 aliphatic heterocycles. The zero-order valence-corrected chi connectivity index (χ0v) is 11.0. The molecule has 1 rings (SSSR count). The van der Waals surface area contributed by atoms with Crippen LogP contribution in [0.2, 0.25) is 0 Å². The molecule has 0 fully saturated rings. The van der Waals surface area contributed by atoms with E-state index in [1.54, 1.807) is 6.26 Å². The molecule has 17 heavy (non-hydrogen) atoms. The Labute approximate surface area is 105 Å². The Morgan fingerprint density at radius 3 is 2.59 bits per heavy atom. The second kappa shape index (κ2) is 9.25. The van der Waals surface area contributed by atoms with Crippen LogP contribution in [0.3, 0.4) is 0 Å². The first-order valence-electron chi connectivity index (χ1n) is 6.81. The molecule has 0 radical (unpaired) electrons. The lowest BCUT2D eigenvalue weighted by molar-refractivity contribution is 0.250. The van der Waals surface area contributed by atoms with Crippen LogP contribution in [0, 0.1) is 0 Å². The average molecular weight is 238 g/mol. The van der Waals surface area contributed by atoms with Gasteiger partial charge in [-0.25, -0.2) is 0 Å². The molecule has 0 saturated carbocycles. The van der Waals surface area contributed by atoms with Crippen molar-refractivity contribution in [2.45, 2.75) is 45.6 Å². The minimum absolute atomic E-state index is 0.833. The van der Waals surface area contributed by atoms with Crippen LogP contribution in [0.4, 0.5) is 0 Å². The van der Waals surface area contributed by atoms with Crippen molar-refractivity contribution in [1.82, 2.24) is 4.90 Å². The Kier molecular flexibility index (Phi) is 7.76. The molecule has 0 aliphatic carbocycles. The van der Waals surface area contributed by atoms with E-state index < -0.39 is 0 Å². The highest BCUT2D eigenvalue weighted by atomic mass is 16.3. The predicted octanol–water partition coefficient (Wildman–Crippen LogP) is 3.01. The normalized spacial score (nSPS) is 11.2. The highest BCUT2D eigenvalue weighted by Crippen LogP contribution is 2.08. The van der Waals surface area contributed by atoms with Crippen molar-refractivity contribution in [2.75, 3.05) is 19.6 Å². The lowest BCUT2D eigenvalue weighted by atomic mass is 10.1. The highest BCUT2D eigenvalue weighted by Gasteiger charge is 2.04. The molecule has 0 unspecified atom stereocenters. The van der Waals surface area contributed by atoms with Gasteiger partial charge in [-0.3, -0.25) is 4.90 Å². The van der Waals surface area contributed by atoms with Gasteiger partial charge in [0.2, 0.25) is 0 Å². The molecule has 0 spiro atoms. The van der Waals surface area contributed by atoms with Gasteiger partial charge in [0.1, 0.15) is 5.76 Å². The van der Waals surface area contributed by atoms with E-state index in [4.69, 9.17) is 10.2 Å². The van der Waals surface area contributed by atoms with Crippen LogP contribution in [0.25, 0.3) is 0 Å². The van der Waals surface area contributed by atoms with Gasteiger partial charge in [0.15, 0.2) is 0 Å². The van der Waals surface area contributed by atoms with Crippen molar-refractivity contribution in [2.24, 2.45) is 5.73 Å². The van der Waals surface area contributed by atoms with Gasteiger partial charge in [-0.05, 0) is 44.6 Å². The van der Waals surface area contributed by atoms with E-state index in [9.17, 15) is 0 Å². The lowest BCUT2D eigenvalue weighted by Crippen LogP contribution is -2.23. The van der Waals surface area contributed by atoms with Crippen molar-refractivity contribution in [3.05, 3.63) is 24.2 Å². The van der Waals surface area contributed by atoms with Crippen molar-refractivity contribution < 1.29 is 4.42 Å². The molecule has 0 atom stereocenters. The van der Waals surface area contributed by atoms with Gasteiger partial charge in [-0.2, -0.15) is 0 Å². The first-order chi connectivity index (χ1) is 8.36. The fraction of sp³-hybridized carbons (Fsp3) is 0.714. The molecule has 0 bridgehead atoms. The van der Waals surface area contributed by atoms with Crippen LogP contribution in [0.5, 0.6) is 0 Å². The fourth-order valence-electron chi connectivity index (χ4n) is 1.98. The summed E-state index contributed by atoms with van der Waals surface area (Å²) in [4.78, 5) is 2.43. The van der Waals surface area contributed by atoms with E-state index in [0.29, 0.717) is 0 Å². The van der Waals surface area contributed by atoms with Gasteiger partial charge >= 0.3 is 0 Å². The van der Waals surface area contributed by atoms with Crippen molar-refractivity contribution in [3.8, 4) is 0 Å². The molecule has 0 aliphatic rings. The standard InChI is InChI=1S/C14H26N2O/c1-2-16(13-14-9-8-12-17-14)11-7-5-3-4-6-10-15/h8-9,12H,2-7,10-11,13,15H2,1H3. The summed E-state index contributed by atoms with van der Waals surface area (Å²) in [6.45, 7) is 6.23. The Bertz CT molecular complexity index is 259. The van der Waals surface area contributed by atoms with Crippen molar-refractivity contribution in [3.63, 3.8) is 0 Å². The predicted molar refractivity (Wildman–Crippen MR) is 71.8 cm³/mol. The maximum atomic E-state index is 5.47. The topological polar surface area (TPSA) is 42.4 Å². The van der Waals surface area contributed by atoms with Gasteiger partial charge in [-0.1, -0.05) is 26.2 Å². The van der Waals surface area contributed by atoms with Gasteiger partial charge in [0, 0.05) is 0 Å². The minimum atomic E-state index is 0.833. The molecule has 98 valence electrons. The maximum Gasteiger partial charge on any atom is 0.117 e. The van der Waals surface area contributed by atoms with Crippen molar-refractivity contribution in [1.29, 1.82) is 0 Å². The lowest BCUT2D eigenvalue weighted by Gasteiger charge is -2.18. The van der Waals surface area contributed by atoms with Gasteiger partial charge in [0.05, 0.1) is 12.8 Å². The summed E-state index contributed by atoms with van der Waals surface area (Å²) in [5.74, 6) is 1.06. The first kappa shape index (κ1) is 14.3. The van der Waals surface area contributed by atoms with Crippen molar-refractivity contribution >= 4 is 0 Å². The smallest absolute Gasteiger partial charge is 0.117 e. The first-order valence-corrected chi connectivity index (χ1v) is 6.81. The third-order valence-corrected chi connectivity index (χ3v) is 3.09. The van der Waals surface area contributed by atoms with Crippen LogP contribution >= 0.6 is 0 Å². The molecule has 2 N–H and O–H groups in total. The molecule has 3 nitrogen and oxygen atoms in total. The summed E-state index contributed by atoms with van der Waals surface area (Å²) < 4.78 is 5.37. The molecular formula is C14H26N2O. The summed E-state index contributed by atoms with van der Waals surface area (Å²) in [5.41, 5.74) is 5.47. The Morgan fingerprint density at radius 2 is 1.94 bits per heavy atom. The van der Waals surface area contributed by atoms with Crippen LogP contribution < -0.4 is 5.73 Å². The SMILES string of the molecule is CCN(CCCCCCCN)Cc1ccco1. The van der Waals surface area contributed by atoms with E-state index in [0.717, 1.165) is 25.4 Å². The van der Waals surface area contributed by atoms with Gasteiger partial charge in [-0.15, -0.1) is 0 Å². The molecule has 0 saturated heterocycles. The largest absolute Gasteiger partial charge is 0.468 e. The second-order valence-corrected chi connectivity index (χ2v) is 4.50. The summed E-state index contributed by atoms with van der Waals surface area (Å²) >= 11 is 0. The van der Waals surface area contributed by atoms with E-state index in [2.05, 4.69) is 11.8 Å². The van der Waals surface area contributed by atoms with Gasteiger partial charge < -0.3 is 10.2 Å². The summed E-state index contributed by atoms with van der Waals surface area (Å²) in [7, 11) is 0. The van der Waals surface area contributed by atoms with E-state index in [1.165, 1.54) is 38.6 Å². The number of furan rings is 1. The third-order valence-electron chi connectivity index (χ3n) is 3.09. The second-order valence-electron chi connectivity index (χ2n) is 4.50. The fourth-order valence-corrected chi connectivity index (χ4v) is 1.98. The van der Waals surface area contributed by atoms with Gasteiger partial charge in [0.25, 0.3) is 0 Å². The number of unbranched alkanes of at least 4 members (excludes halogenated alkanes) is 4. The zero-order valence-electron chi connectivity index (χ0n) is 11.0. The number of rotatable bonds is 10. The summed E-state index contributed by atoms with van der Waals surface area (Å²) in [6.07, 6.45) is 8.10.